The zero-order valence-corrected chi connectivity index (χ0v) is 15.2. The van der Waals surface area contributed by atoms with E-state index in [-0.39, 0.29) is 31.1 Å². The second-order valence-corrected chi connectivity index (χ2v) is 6.71. The van der Waals surface area contributed by atoms with E-state index in [1.165, 1.54) is 11.7 Å². The van der Waals surface area contributed by atoms with Crippen LogP contribution in [0.1, 0.15) is 20.1 Å². The van der Waals surface area contributed by atoms with Crippen LogP contribution in [0.25, 0.3) is 10.2 Å². The number of carbonyl (C=O) groups is 1. The molecule has 0 saturated carbocycles. The predicted molar refractivity (Wildman–Crippen MR) is 96.4 cm³/mol. The third-order valence-corrected chi connectivity index (χ3v) is 5.44. The summed E-state index contributed by atoms with van der Waals surface area (Å²) in [4.78, 5) is 39.4. The van der Waals surface area contributed by atoms with E-state index in [2.05, 4.69) is 5.32 Å². The van der Waals surface area contributed by atoms with Crippen LogP contribution in [0.4, 0.5) is 4.79 Å². The van der Waals surface area contributed by atoms with Gasteiger partial charge < -0.3 is 15.0 Å². The van der Waals surface area contributed by atoms with Crippen LogP contribution >= 0.6 is 11.3 Å². The Balaban J connectivity index is 2.30. The number of nitrogens with one attached hydrogen (secondary N) is 1. The summed E-state index contributed by atoms with van der Waals surface area (Å²) in [6.45, 7) is 2.63. The highest BCUT2D eigenvalue weighted by Crippen LogP contribution is 2.29. The first-order valence-corrected chi connectivity index (χ1v) is 8.89. The number of carbonyl (C=O) groups excluding carboxylic acids is 1. The summed E-state index contributed by atoms with van der Waals surface area (Å²) in [6.07, 6.45) is 0. The highest BCUT2D eigenvalue weighted by Gasteiger charge is 2.24. The zero-order chi connectivity index (χ0) is 19.9. The lowest BCUT2D eigenvalue weighted by molar-refractivity contribution is 0.186. The second kappa shape index (κ2) is 7.01. The van der Waals surface area contributed by atoms with E-state index >= 15 is 0 Å². The number of rotatable bonds is 6. The molecule has 136 valence electrons. The Morgan fingerprint density at radius 2 is 2.08 bits per heavy atom. The minimum Gasteiger partial charge on any atom is -0.383 e. The van der Waals surface area contributed by atoms with Gasteiger partial charge in [-0.25, -0.2) is 9.59 Å². The largest absolute Gasteiger partial charge is 0.383 e. The monoisotopic (exact) mass is 368 g/mol. The molecule has 1 aliphatic heterocycles. The normalized spacial score (nSPS) is 16.3. The molecule has 0 spiro atoms. The molecular formula is C16H22N4O4S. The Morgan fingerprint density at radius 1 is 1.32 bits per heavy atom. The number of amides is 2. The molecule has 2 aromatic rings. The van der Waals surface area contributed by atoms with Crippen molar-refractivity contribution < 1.29 is 12.3 Å². The SMILES string of the molecule is [2H]C([2H])(c1sc2c(c1C)c(=O)n(CC)c(=O)n2CCOC)N1CCNC1=O. The average Bonchev–Trinajstić information content (AvgIpc) is 3.20. The minimum absolute atomic E-state index is 0.215. The standard InChI is InChI=1S/C16H22N4O4S/c1-4-19-13(21)12-10(2)11(9-18-6-5-17-15(18)22)25-14(12)20(16(19)23)7-8-24-3/h4-9H2,1-3H3,(H,17,22)/i9D2. The second-order valence-electron chi connectivity index (χ2n) is 5.71. The van der Waals surface area contributed by atoms with Crippen LogP contribution in [0.5, 0.6) is 0 Å². The number of hydrogen-bond acceptors (Lipinski definition) is 5. The van der Waals surface area contributed by atoms with Gasteiger partial charge in [-0.3, -0.25) is 13.9 Å². The Bertz CT molecular complexity index is 1010. The van der Waals surface area contributed by atoms with Crippen molar-refractivity contribution in [3.63, 3.8) is 0 Å². The highest BCUT2D eigenvalue weighted by atomic mass is 32.1. The molecule has 9 heteroatoms. The van der Waals surface area contributed by atoms with E-state index in [1.54, 1.807) is 13.8 Å². The summed E-state index contributed by atoms with van der Waals surface area (Å²) in [7, 11) is 1.52. The smallest absolute Gasteiger partial charge is 0.332 e. The highest BCUT2D eigenvalue weighted by molar-refractivity contribution is 7.18. The molecule has 0 aliphatic carbocycles. The molecule has 3 rings (SSSR count). The van der Waals surface area contributed by atoms with E-state index in [9.17, 15) is 14.4 Å². The molecule has 8 nitrogen and oxygen atoms in total. The number of aromatic nitrogens is 2. The summed E-state index contributed by atoms with van der Waals surface area (Å²) in [6, 6.07) is -0.486. The van der Waals surface area contributed by atoms with Gasteiger partial charge in [0.2, 0.25) is 0 Å². The molecule has 0 radical (unpaired) electrons. The Labute approximate surface area is 151 Å². The molecule has 3 heterocycles. The summed E-state index contributed by atoms with van der Waals surface area (Å²) in [5.74, 6) is 0. The van der Waals surface area contributed by atoms with E-state index < -0.39 is 23.8 Å². The molecule has 25 heavy (non-hydrogen) atoms. The molecule has 0 unspecified atom stereocenters. The Hall–Kier alpha value is -2.13. The van der Waals surface area contributed by atoms with Crippen molar-refractivity contribution in [3.8, 4) is 0 Å². The number of methoxy groups -OCH3 is 1. The summed E-state index contributed by atoms with van der Waals surface area (Å²) < 4.78 is 24.7. The molecule has 1 fully saturated rings. The number of ether oxygens (including phenoxy) is 1. The van der Waals surface area contributed by atoms with E-state index in [4.69, 9.17) is 7.48 Å². The van der Waals surface area contributed by atoms with Crippen LogP contribution in [0.15, 0.2) is 9.59 Å². The van der Waals surface area contributed by atoms with Crippen LogP contribution in [-0.4, -0.2) is 46.9 Å². The predicted octanol–water partition coefficient (Wildman–Crippen LogP) is 0.725. The lowest BCUT2D eigenvalue weighted by Gasteiger charge is -2.12. The van der Waals surface area contributed by atoms with Gasteiger partial charge in [0.25, 0.3) is 5.56 Å². The fraction of sp³-hybridized carbons (Fsp3) is 0.562. The number of aryl methyl sites for hydroxylation is 1. The van der Waals surface area contributed by atoms with Crippen LogP contribution in [0, 0.1) is 6.92 Å². The van der Waals surface area contributed by atoms with Crippen molar-refractivity contribution in [1.82, 2.24) is 19.4 Å². The van der Waals surface area contributed by atoms with Crippen molar-refractivity contribution >= 4 is 27.6 Å². The first-order valence-electron chi connectivity index (χ1n) is 9.07. The minimum atomic E-state index is -2.08. The third kappa shape index (κ3) is 2.98. The van der Waals surface area contributed by atoms with Gasteiger partial charge in [0.1, 0.15) is 4.83 Å². The topological polar surface area (TPSA) is 85.6 Å². The van der Waals surface area contributed by atoms with E-state index in [0.717, 1.165) is 20.8 Å². The lowest BCUT2D eigenvalue weighted by Crippen LogP contribution is -2.39. The average molecular weight is 368 g/mol. The van der Waals surface area contributed by atoms with Crippen molar-refractivity contribution in [2.75, 3.05) is 26.8 Å². The van der Waals surface area contributed by atoms with Gasteiger partial charge in [0.15, 0.2) is 0 Å². The Kier molecular flexibility index (Phi) is 4.25. The first-order chi connectivity index (χ1) is 12.8. The fourth-order valence-electron chi connectivity index (χ4n) is 2.86. The maximum Gasteiger partial charge on any atom is 0.332 e. The lowest BCUT2D eigenvalue weighted by atomic mass is 10.2. The number of fused-ring (bicyclic) bond motifs is 1. The number of nitrogens with zero attached hydrogens (tertiary/aromatic N) is 3. The van der Waals surface area contributed by atoms with Gasteiger partial charge in [0.05, 0.1) is 27.8 Å². The number of thiophene rings is 1. The summed E-state index contributed by atoms with van der Waals surface area (Å²) in [5.41, 5.74) is -0.426. The molecule has 2 aromatic heterocycles. The van der Waals surface area contributed by atoms with Crippen LogP contribution < -0.4 is 16.6 Å². The van der Waals surface area contributed by atoms with Crippen molar-refractivity contribution in [1.29, 1.82) is 0 Å². The van der Waals surface area contributed by atoms with E-state index in [1.807, 2.05) is 0 Å². The van der Waals surface area contributed by atoms with Gasteiger partial charge in [-0.05, 0) is 19.4 Å². The Morgan fingerprint density at radius 3 is 2.68 bits per heavy atom. The van der Waals surface area contributed by atoms with Gasteiger partial charge in [-0.2, -0.15) is 0 Å². The van der Waals surface area contributed by atoms with Crippen LogP contribution in [0.3, 0.4) is 0 Å². The molecule has 0 bridgehead atoms. The molecule has 0 aromatic carbocycles. The summed E-state index contributed by atoms with van der Waals surface area (Å²) >= 11 is 1.04. The van der Waals surface area contributed by atoms with Crippen LogP contribution in [-0.2, 0) is 24.3 Å². The zero-order valence-electron chi connectivity index (χ0n) is 16.4. The molecule has 0 atom stereocenters. The first kappa shape index (κ1) is 15.2. The molecule has 2 amide bonds. The van der Waals surface area contributed by atoms with Crippen LogP contribution in [0.2, 0.25) is 0 Å². The van der Waals surface area contributed by atoms with Crippen molar-refractivity contribution in [3.05, 3.63) is 31.3 Å². The molecular weight excluding hydrogens is 344 g/mol. The van der Waals surface area contributed by atoms with Gasteiger partial charge in [-0.1, -0.05) is 0 Å². The summed E-state index contributed by atoms with van der Waals surface area (Å²) in [5, 5.41) is 2.91. The quantitative estimate of drug-likeness (QED) is 0.814. The molecule has 1 N–H and O–H groups in total. The van der Waals surface area contributed by atoms with Gasteiger partial charge in [0, 0.05) is 31.6 Å². The van der Waals surface area contributed by atoms with Gasteiger partial charge in [-0.15, -0.1) is 11.3 Å². The number of urea groups is 1. The van der Waals surface area contributed by atoms with Gasteiger partial charge >= 0.3 is 11.7 Å². The van der Waals surface area contributed by atoms with Crippen molar-refractivity contribution in [2.24, 2.45) is 0 Å². The number of hydrogen-bond donors (Lipinski definition) is 1. The molecule has 1 aliphatic rings. The third-order valence-electron chi connectivity index (χ3n) is 4.22. The van der Waals surface area contributed by atoms with E-state index in [0.29, 0.717) is 22.3 Å². The fourth-order valence-corrected chi connectivity index (χ4v) is 4.09. The maximum absolute atomic E-state index is 12.9. The van der Waals surface area contributed by atoms with Crippen molar-refractivity contribution in [2.45, 2.75) is 33.4 Å². The maximum atomic E-state index is 12.9. The molecule has 1 saturated heterocycles.